The number of aromatic nitrogens is 1. The number of dihydropyridines is 1. The number of benzene rings is 1. The third-order valence-corrected chi connectivity index (χ3v) is 6.02. The van der Waals surface area contributed by atoms with Gasteiger partial charge in [-0.05, 0) is 42.8 Å². The predicted molar refractivity (Wildman–Crippen MR) is 147 cm³/mol. The number of nitrogens with two attached hydrogens (primary N) is 1. The highest BCUT2D eigenvalue weighted by molar-refractivity contribution is 6.34. The maximum atomic E-state index is 12.4. The summed E-state index contributed by atoms with van der Waals surface area (Å²) in [5, 5.41) is 3.63. The number of amides is 1. The number of allylic oxidation sites excluding steroid dienone is 2. The zero-order valence-corrected chi connectivity index (χ0v) is 21.2. The fraction of sp³-hybridized carbons (Fsp3) is 0.222. The molecule has 1 aromatic heterocycles. The Labute approximate surface area is 220 Å². The van der Waals surface area contributed by atoms with Gasteiger partial charge in [-0.1, -0.05) is 48.6 Å². The molecule has 0 saturated heterocycles. The summed E-state index contributed by atoms with van der Waals surface area (Å²) in [6, 6.07) is 8.90. The van der Waals surface area contributed by atoms with E-state index in [1.165, 1.54) is 0 Å². The van der Waals surface area contributed by atoms with Gasteiger partial charge < -0.3 is 15.5 Å². The number of nitrogen functional groups attached to an aromatic ring is 1. The van der Waals surface area contributed by atoms with Gasteiger partial charge in [-0.15, -0.1) is 0 Å². The molecule has 1 aliphatic heterocycles. The Kier molecular flexibility index (Phi) is 8.73. The number of nitrogens with zero attached hydrogens (tertiary/aromatic N) is 2. The Morgan fingerprint density at radius 3 is 2.86 bits per heavy atom. The van der Waals surface area contributed by atoms with E-state index in [0.29, 0.717) is 29.5 Å². The van der Waals surface area contributed by atoms with Gasteiger partial charge >= 0.3 is 0 Å². The number of carbonyl (C=O) groups is 1. The fourth-order valence-corrected chi connectivity index (χ4v) is 4.13. The lowest BCUT2D eigenvalue weighted by Gasteiger charge is -2.23. The minimum Gasteiger partial charge on any atom is -0.496 e. The Balaban J connectivity index is 1.42. The van der Waals surface area contributed by atoms with Gasteiger partial charge in [0.05, 0.1) is 33.8 Å². The molecule has 2 aliphatic rings. The molecule has 0 radical (unpaired) electrons. The van der Waals surface area contributed by atoms with Crippen LogP contribution in [0.2, 0.25) is 5.02 Å². The summed E-state index contributed by atoms with van der Waals surface area (Å²) >= 11 is 6.41. The average molecular weight is 521 g/mol. The highest BCUT2D eigenvalue weighted by atomic mass is 35.5. The van der Waals surface area contributed by atoms with E-state index in [2.05, 4.69) is 52.1 Å². The molecule has 1 aromatic carbocycles. The highest BCUT2D eigenvalue weighted by Crippen LogP contribution is 2.29. The second-order valence-electron chi connectivity index (χ2n) is 8.47. The standard InChI is InChI=1S/C27H29ClN6O3/c1-17(2)36-12-13-37-34-27(35)21-7-6-20(15-22(21)28)24-9-10-25(33-29)26(32-24)31-16-18-5-8-23-19(14-18)4-3-11-30-23/h3-11,14-15,19,23,33H,1,12-13,16,29H2,2H3,(H,31,32)(H,34,35). The molecule has 5 N–H and O–H groups in total. The van der Waals surface area contributed by atoms with E-state index in [-0.39, 0.29) is 35.8 Å². The van der Waals surface area contributed by atoms with Crippen LogP contribution in [0.4, 0.5) is 11.5 Å². The Bertz CT molecular complexity index is 1290. The van der Waals surface area contributed by atoms with Gasteiger partial charge in [0.25, 0.3) is 5.91 Å². The molecule has 2 heterocycles. The van der Waals surface area contributed by atoms with Gasteiger partial charge in [0.1, 0.15) is 13.2 Å². The minimum atomic E-state index is -0.459. The zero-order valence-electron chi connectivity index (χ0n) is 20.4. The quantitative estimate of drug-likeness (QED) is 0.149. The van der Waals surface area contributed by atoms with Crippen LogP contribution >= 0.6 is 11.6 Å². The topological polar surface area (TPSA) is 123 Å². The molecule has 0 saturated carbocycles. The smallest absolute Gasteiger partial charge is 0.276 e. The van der Waals surface area contributed by atoms with Crippen LogP contribution in [0.15, 0.2) is 83.6 Å². The van der Waals surface area contributed by atoms with E-state index in [4.69, 9.17) is 32.0 Å². The van der Waals surface area contributed by atoms with Crippen LogP contribution in [0.3, 0.4) is 0 Å². The van der Waals surface area contributed by atoms with Crippen molar-refractivity contribution in [2.45, 2.75) is 13.0 Å². The van der Waals surface area contributed by atoms with Gasteiger partial charge in [0, 0.05) is 24.2 Å². The fourth-order valence-electron chi connectivity index (χ4n) is 3.86. The third-order valence-electron chi connectivity index (χ3n) is 5.70. The van der Waals surface area contributed by atoms with Crippen LogP contribution in [-0.2, 0) is 9.57 Å². The van der Waals surface area contributed by atoms with Crippen molar-refractivity contribution in [3.63, 3.8) is 0 Å². The van der Waals surface area contributed by atoms with Crippen LogP contribution in [0.1, 0.15) is 17.3 Å². The van der Waals surface area contributed by atoms with Gasteiger partial charge in [0.15, 0.2) is 5.82 Å². The molecule has 4 rings (SSSR count). The van der Waals surface area contributed by atoms with Crippen molar-refractivity contribution in [2.24, 2.45) is 16.8 Å². The van der Waals surface area contributed by atoms with Crippen LogP contribution in [0.25, 0.3) is 11.3 Å². The first-order valence-electron chi connectivity index (χ1n) is 11.8. The van der Waals surface area contributed by atoms with Crippen molar-refractivity contribution in [3.8, 4) is 11.3 Å². The van der Waals surface area contributed by atoms with Gasteiger partial charge in [-0.3, -0.25) is 20.5 Å². The number of hydroxylamine groups is 1. The Morgan fingerprint density at radius 1 is 1.22 bits per heavy atom. The number of pyridine rings is 1. The first kappa shape index (κ1) is 26.2. The van der Waals surface area contributed by atoms with E-state index in [1.807, 2.05) is 24.4 Å². The third kappa shape index (κ3) is 6.85. The van der Waals surface area contributed by atoms with Gasteiger partial charge in [-0.25, -0.2) is 10.5 Å². The number of halogens is 1. The largest absolute Gasteiger partial charge is 0.496 e. The maximum Gasteiger partial charge on any atom is 0.276 e. The first-order valence-corrected chi connectivity index (χ1v) is 12.1. The summed E-state index contributed by atoms with van der Waals surface area (Å²) < 4.78 is 5.18. The second kappa shape index (κ2) is 12.4. The molecule has 0 bridgehead atoms. The van der Waals surface area contributed by atoms with Gasteiger partial charge in [-0.2, -0.15) is 0 Å². The Hall–Kier alpha value is -3.92. The van der Waals surface area contributed by atoms with Crippen molar-refractivity contribution in [3.05, 3.63) is 89.2 Å². The first-order chi connectivity index (χ1) is 17.9. The van der Waals surface area contributed by atoms with Crippen molar-refractivity contribution < 1.29 is 14.4 Å². The molecule has 37 heavy (non-hydrogen) atoms. The van der Waals surface area contributed by atoms with Crippen molar-refractivity contribution in [1.82, 2.24) is 10.5 Å². The van der Waals surface area contributed by atoms with E-state index < -0.39 is 5.91 Å². The van der Waals surface area contributed by atoms with Crippen molar-refractivity contribution >= 4 is 35.2 Å². The molecule has 1 aliphatic carbocycles. The second-order valence-corrected chi connectivity index (χ2v) is 8.87. The molecule has 192 valence electrons. The maximum absolute atomic E-state index is 12.4. The molecule has 10 heteroatoms. The number of hydrazine groups is 1. The van der Waals surface area contributed by atoms with E-state index in [1.54, 1.807) is 25.1 Å². The SMILES string of the molecule is C=C(C)OCCONC(=O)c1ccc(-c2ccc(NN)c(NCC3=CC4C=CC=NC4C=C3)n2)cc1Cl. The van der Waals surface area contributed by atoms with E-state index >= 15 is 0 Å². The number of ether oxygens (including phenoxy) is 1. The molecule has 0 spiro atoms. The zero-order chi connectivity index (χ0) is 26.2. The van der Waals surface area contributed by atoms with Crippen LogP contribution in [0, 0.1) is 5.92 Å². The number of hydrogen-bond donors (Lipinski definition) is 4. The summed E-state index contributed by atoms with van der Waals surface area (Å²) in [4.78, 5) is 26.8. The lowest BCUT2D eigenvalue weighted by atomic mass is 9.90. The normalized spacial score (nSPS) is 17.5. The molecule has 9 nitrogen and oxygen atoms in total. The van der Waals surface area contributed by atoms with Crippen LogP contribution in [0.5, 0.6) is 0 Å². The average Bonchev–Trinajstić information content (AvgIpc) is 2.91. The van der Waals surface area contributed by atoms with Gasteiger partial charge in [0.2, 0.25) is 0 Å². The summed E-state index contributed by atoms with van der Waals surface area (Å²) in [6.45, 7) is 6.38. The number of anilines is 2. The molecule has 2 atom stereocenters. The number of aliphatic imine (C=N–C) groups is 1. The highest BCUT2D eigenvalue weighted by Gasteiger charge is 2.19. The monoisotopic (exact) mass is 520 g/mol. The number of rotatable bonds is 11. The Morgan fingerprint density at radius 2 is 2.08 bits per heavy atom. The summed E-state index contributed by atoms with van der Waals surface area (Å²) in [5.41, 5.74) is 8.51. The van der Waals surface area contributed by atoms with Crippen LogP contribution in [-0.4, -0.2) is 42.9 Å². The minimum absolute atomic E-state index is 0.161. The molecule has 2 unspecified atom stereocenters. The summed E-state index contributed by atoms with van der Waals surface area (Å²) in [5.74, 6) is 6.68. The number of carbonyl (C=O) groups excluding carboxylic acids is 1. The summed E-state index contributed by atoms with van der Waals surface area (Å²) in [6.07, 6.45) is 12.3. The lowest BCUT2D eigenvalue weighted by molar-refractivity contribution is 0.0114. The number of nitrogens with one attached hydrogen (secondary N) is 3. The number of hydrogen-bond acceptors (Lipinski definition) is 8. The molecule has 1 amide bonds. The van der Waals surface area contributed by atoms with E-state index in [9.17, 15) is 4.79 Å². The summed E-state index contributed by atoms with van der Waals surface area (Å²) in [7, 11) is 0. The number of fused-ring (bicyclic) bond motifs is 1. The predicted octanol–water partition coefficient (Wildman–Crippen LogP) is 4.43. The molecule has 0 fully saturated rings. The lowest BCUT2D eigenvalue weighted by Crippen LogP contribution is -2.25. The van der Waals surface area contributed by atoms with Crippen LogP contribution < -0.4 is 22.1 Å². The molecule has 2 aromatic rings. The van der Waals surface area contributed by atoms with Crippen molar-refractivity contribution in [2.75, 3.05) is 30.5 Å². The van der Waals surface area contributed by atoms with Crippen molar-refractivity contribution in [1.29, 1.82) is 0 Å². The van der Waals surface area contributed by atoms with E-state index in [0.717, 1.165) is 11.1 Å². The molecular formula is C27H29ClN6O3. The molecular weight excluding hydrogens is 492 g/mol.